The van der Waals surface area contributed by atoms with Gasteiger partial charge in [0.2, 0.25) is 0 Å². The first-order valence-electron chi connectivity index (χ1n) is 6.05. The average molecular weight is 263 g/mol. The maximum atomic E-state index is 13.6. The van der Waals surface area contributed by atoms with Gasteiger partial charge in [-0.3, -0.25) is 0 Å². The molecule has 0 aliphatic heterocycles. The highest BCUT2D eigenvalue weighted by molar-refractivity contribution is 5.36. The normalized spacial score (nSPS) is 12.2. The molecular formula is C15H15F2NO. The van der Waals surface area contributed by atoms with Crippen LogP contribution in [0.3, 0.4) is 0 Å². The monoisotopic (exact) mass is 263 g/mol. The van der Waals surface area contributed by atoms with Crippen LogP contribution >= 0.6 is 0 Å². The molecule has 0 amide bonds. The van der Waals surface area contributed by atoms with Gasteiger partial charge in [0.05, 0.1) is 12.6 Å². The smallest absolute Gasteiger partial charge is 0.131 e. The Morgan fingerprint density at radius 2 is 1.63 bits per heavy atom. The highest BCUT2D eigenvalue weighted by atomic mass is 19.1. The maximum absolute atomic E-state index is 13.6. The van der Waals surface area contributed by atoms with E-state index >= 15 is 0 Å². The zero-order valence-electron chi connectivity index (χ0n) is 10.6. The Kier molecular flexibility index (Phi) is 4.12. The quantitative estimate of drug-likeness (QED) is 0.917. The molecule has 2 N–H and O–H groups in total. The van der Waals surface area contributed by atoms with Crippen LogP contribution in [0.1, 0.15) is 24.1 Å². The topological polar surface area (TPSA) is 35.2 Å². The van der Waals surface area contributed by atoms with E-state index in [1.54, 1.807) is 24.3 Å². The minimum atomic E-state index is -0.836. The summed E-state index contributed by atoms with van der Waals surface area (Å²) in [5.41, 5.74) is 6.43. The second-order valence-corrected chi connectivity index (χ2v) is 4.12. The molecule has 0 aromatic heterocycles. The van der Waals surface area contributed by atoms with E-state index in [4.69, 9.17) is 10.5 Å². The largest absolute Gasteiger partial charge is 0.494 e. The van der Waals surface area contributed by atoms with Crippen molar-refractivity contribution in [2.24, 2.45) is 5.73 Å². The third-order valence-corrected chi connectivity index (χ3v) is 2.86. The van der Waals surface area contributed by atoms with Gasteiger partial charge in [-0.1, -0.05) is 18.2 Å². The number of hydrogen-bond acceptors (Lipinski definition) is 2. The van der Waals surface area contributed by atoms with Gasteiger partial charge in [0, 0.05) is 5.56 Å². The molecule has 0 bridgehead atoms. The lowest BCUT2D eigenvalue weighted by Crippen LogP contribution is -2.15. The van der Waals surface area contributed by atoms with Gasteiger partial charge in [-0.05, 0) is 36.8 Å². The van der Waals surface area contributed by atoms with E-state index in [9.17, 15) is 8.78 Å². The number of benzene rings is 2. The van der Waals surface area contributed by atoms with Crippen molar-refractivity contribution < 1.29 is 13.5 Å². The Bertz CT molecular complexity index is 534. The van der Waals surface area contributed by atoms with Crippen LogP contribution < -0.4 is 10.5 Å². The second-order valence-electron chi connectivity index (χ2n) is 4.12. The lowest BCUT2D eigenvalue weighted by atomic mass is 9.98. The minimum Gasteiger partial charge on any atom is -0.494 e. The molecule has 0 aliphatic carbocycles. The van der Waals surface area contributed by atoms with Crippen LogP contribution in [0.15, 0.2) is 42.5 Å². The van der Waals surface area contributed by atoms with Crippen molar-refractivity contribution in [1.29, 1.82) is 0 Å². The lowest BCUT2D eigenvalue weighted by Gasteiger charge is -2.15. The molecule has 1 atom stereocenters. The molecule has 4 heteroatoms. The van der Waals surface area contributed by atoms with E-state index in [0.29, 0.717) is 17.9 Å². The third-order valence-electron chi connectivity index (χ3n) is 2.86. The van der Waals surface area contributed by atoms with Gasteiger partial charge in [0.25, 0.3) is 0 Å². The van der Waals surface area contributed by atoms with E-state index in [1.807, 2.05) is 6.92 Å². The molecule has 0 saturated heterocycles. The first kappa shape index (κ1) is 13.5. The van der Waals surface area contributed by atoms with Crippen molar-refractivity contribution in [2.75, 3.05) is 6.61 Å². The molecule has 2 nitrogen and oxygen atoms in total. The molecule has 19 heavy (non-hydrogen) atoms. The van der Waals surface area contributed by atoms with Gasteiger partial charge in [-0.25, -0.2) is 8.78 Å². The van der Waals surface area contributed by atoms with E-state index in [0.717, 1.165) is 0 Å². The van der Waals surface area contributed by atoms with Crippen LogP contribution in [-0.2, 0) is 0 Å². The molecule has 2 aromatic rings. The maximum Gasteiger partial charge on any atom is 0.131 e. The van der Waals surface area contributed by atoms with E-state index < -0.39 is 17.7 Å². The standard InChI is InChI=1S/C15H15F2NO/c1-2-19-11-8-6-10(7-9-11)15(18)14-12(16)4-3-5-13(14)17/h3-9,15H,2,18H2,1H3. The van der Waals surface area contributed by atoms with Crippen molar-refractivity contribution in [1.82, 2.24) is 0 Å². The Hall–Kier alpha value is -1.94. The van der Waals surface area contributed by atoms with Crippen molar-refractivity contribution in [3.05, 3.63) is 65.2 Å². The summed E-state index contributed by atoms with van der Waals surface area (Å²) in [6.07, 6.45) is 0. The van der Waals surface area contributed by atoms with Gasteiger partial charge in [0.15, 0.2) is 0 Å². The molecule has 2 rings (SSSR count). The molecule has 0 fully saturated rings. The van der Waals surface area contributed by atoms with E-state index in [1.165, 1.54) is 18.2 Å². The van der Waals surface area contributed by atoms with Crippen LogP contribution in [0.5, 0.6) is 5.75 Å². The van der Waals surface area contributed by atoms with Crippen LogP contribution in [0.4, 0.5) is 8.78 Å². The van der Waals surface area contributed by atoms with Gasteiger partial charge in [-0.15, -0.1) is 0 Å². The first-order valence-corrected chi connectivity index (χ1v) is 6.05. The highest BCUT2D eigenvalue weighted by Gasteiger charge is 2.17. The minimum absolute atomic E-state index is 0.119. The fraction of sp³-hybridized carbons (Fsp3) is 0.200. The predicted octanol–water partition coefficient (Wildman–Crippen LogP) is 3.41. The van der Waals surface area contributed by atoms with Crippen molar-refractivity contribution in [2.45, 2.75) is 13.0 Å². The van der Waals surface area contributed by atoms with Crippen LogP contribution in [-0.4, -0.2) is 6.61 Å². The highest BCUT2D eigenvalue weighted by Crippen LogP contribution is 2.26. The Labute approximate surface area is 110 Å². The average Bonchev–Trinajstić information content (AvgIpc) is 2.39. The summed E-state index contributed by atoms with van der Waals surface area (Å²) in [5.74, 6) is -0.574. The zero-order chi connectivity index (χ0) is 13.8. The summed E-state index contributed by atoms with van der Waals surface area (Å²) in [5, 5.41) is 0. The number of nitrogens with two attached hydrogens (primary N) is 1. The van der Waals surface area contributed by atoms with Gasteiger partial charge < -0.3 is 10.5 Å². The number of rotatable bonds is 4. The van der Waals surface area contributed by atoms with Gasteiger partial charge in [0.1, 0.15) is 17.4 Å². The van der Waals surface area contributed by atoms with Crippen molar-refractivity contribution in [3.8, 4) is 5.75 Å². The number of hydrogen-bond donors (Lipinski definition) is 1. The molecular weight excluding hydrogens is 248 g/mol. The Morgan fingerprint density at radius 3 is 2.16 bits per heavy atom. The first-order chi connectivity index (χ1) is 9.13. The predicted molar refractivity (Wildman–Crippen MR) is 70.0 cm³/mol. The fourth-order valence-corrected chi connectivity index (χ4v) is 1.91. The lowest BCUT2D eigenvalue weighted by molar-refractivity contribution is 0.340. The van der Waals surface area contributed by atoms with Gasteiger partial charge >= 0.3 is 0 Å². The van der Waals surface area contributed by atoms with Crippen molar-refractivity contribution >= 4 is 0 Å². The summed E-state index contributed by atoms with van der Waals surface area (Å²) < 4.78 is 32.6. The van der Waals surface area contributed by atoms with Crippen molar-refractivity contribution in [3.63, 3.8) is 0 Å². The molecule has 0 heterocycles. The molecule has 0 aliphatic rings. The molecule has 0 saturated carbocycles. The summed E-state index contributed by atoms with van der Waals surface area (Å²) in [7, 11) is 0. The van der Waals surface area contributed by atoms with E-state index in [2.05, 4.69) is 0 Å². The van der Waals surface area contributed by atoms with Crippen LogP contribution in [0, 0.1) is 11.6 Å². The zero-order valence-corrected chi connectivity index (χ0v) is 10.6. The SMILES string of the molecule is CCOc1ccc(C(N)c2c(F)cccc2F)cc1. The molecule has 100 valence electrons. The fourth-order valence-electron chi connectivity index (χ4n) is 1.91. The van der Waals surface area contributed by atoms with Gasteiger partial charge in [-0.2, -0.15) is 0 Å². The number of halogens is 2. The summed E-state index contributed by atoms with van der Waals surface area (Å²) in [6, 6.07) is 9.77. The van der Waals surface area contributed by atoms with E-state index in [-0.39, 0.29) is 5.56 Å². The second kappa shape index (κ2) is 5.80. The van der Waals surface area contributed by atoms with Crippen LogP contribution in [0.2, 0.25) is 0 Å². The molecule has 0 spiro atoms. The Balaban J connectivity index is 2.31. The summed E-state index contributed by atoms with van der Waals surface area (Å²) >= 11 is 0. The summed E-state index contributed by atoms with van der Waals surface area (Å²) in [6.45, 7) is 2.45. The molecule has 1 unspecified atom stereocenters. The number of ether oxygens (including phenoxy) is 1. The Morgan fingerprint density at radius 1 is 1.05 bits per heavy atom. The van der Waals surface area contributed by atoms with Crippen LogP contribution in [0.25, 0.3) is 0 Å². The molecule has 0 radical (unpaired) electrons. The molecule has 2 aromatic carbocycles. The summed E-state index contributed by atoms with van der Waals surface area (Å²) in [4.78, 5) is 0. The third kappa shape index (κ3) is 2.90.